The van der Waals surface area contributed by atoms with E-state index in [2.05, 4.69) is 57.2 Å². The number of benzene rings is 2. The second-order valence-electron chi connectivity index (χ2n) is 12.0. The maximum Gasteiger partial charge on any atom is 0.323 e. The van der Waals surface area contributed by atoms with Crippen molar-refractivity contribution in [3.8, 4) is 11.1 Å². The predicted octanol–water partition coefficient (Wildman–Crippen LogP) is 7.93. The quantitative estimate of drug-likeness (QED) is 0.171. The smallest absolute Gasteiger partial charge is 0.323 e. The second-order valence-corrected chi connectivity index (χ2v) is 12.0. The van der Waals surface area contributed by atoms with Crippen molar-refractivity contribution < 1.29 is 9.90 Å². The average Bonchev–Trinajstić information content (AvgIpc) is 2.96. The van der Waals surface area contributed by atoms with Gasteiger partial charge in [-0.2, -0.15) is 0 Å². The molecule has 3 N–H and O–H groups in total. The number of fused-ring (bicyclic) bond motifs is 1. The Labute approximate surface area is 249 Å². The standard InChI is InChI=1S/C35H44N4O3/c1-22(2)17-19-39-33-29(16-9-18-36-33)30(26-13-7-11-25(21-26)12-10-20-40)32(34(39)41)38-35(42)37-31-27(23(3)4)14-8-15-28(31)24(5)6/h7-9,11,13-16,18,21-24,40H,10,12,17,19-20H2,1-6H3,(H2,37,38,42). The van der Waals surface area contributed by atoms with Crippen molar-refractivity contribution >= 4 is 28.4 Å². The van der Waals surface area contributed by atoms with Gasteiger partial charge in [0.05, 0.1) is 0 Å². The molecule has 0 radical (unpaired) electrons. The summed E-state index contributed by atoms with van der Waals surface area (Å²) in [5.74, 6) is 0.799. The number of rotatable bonds is 11. The van der Waals surface area contributed by atoms with Gasteiger partial charge in [-0.05, 0) is 71.4 Å². The number of carbonyl (C=O) groups is 1. The molecule has 2 heterocycles. The third kappa shape index (κ3) is 6.90. The Kier molecular flexibility index (Phi) is 10.2. The third-order valence-corrected chi connectivity index (χ3v) is 7.64. The fourth-order valence-electron chi connectivity index (χ4n) is 5.41. The summed E-state index contributed by atoms with van der Waals surface area (Å²) in [6, 6.07) is 17.4. The molecule has 0 spiro atoms. The number of nitrogens with one attached hydrogen (secondary N) is 2. The first kappa shape index (κ1) is 31.0. The average molecular weight is 569 g/mol. The van der Waals surface area contributed by atoms with E-state index in [-0.39, 0.29) is 29.7 Å². The number of aryl methyl sites for hydroxylation is 2. The molecule has 0 atom stereocenters. The van der Waals surface area contributed by atoms with Crippen LogP contribution >= 0.6 is 0 Å². The number of nitrogens with zero attached hydrogens (tertiary/aromatic N) is 2. The zero-order chi connectivity index (χ0) is 30.4. The molecule has 222 valence electrons. The highest BCUT2D eigenvalue weighted by atomic mass is 16.3. The number of amides is 2. The molecular formula is C35H44N4O3. The molecule has 0 aliphatic rings. The van der Waals surface area contributed by atoms with E-state index < -0.39 is 6.03 Å². The summed E-state index contributed by atoms with van der Waals surface area (Å²) in [5, 5.41) is 16.3. The van der Waals surface area contributed by atoms with Gasteiger partial charge in [0.25, 0.3) is 5.56 Å². The Morgan fingerprint density at radius 2 is 1.57 bits per heavy atom. The monoisotopic (exact) mass is 568 g/mol. The molecule has 4 aromatic rings. The molecule has 0 aliphatic carbocycles. The van der Waals surface area contributed by atoms with Gasteiger partial charge < -0.3 is 15.7 Å². The summed E-state index contributed by atoms with van der Waals surface area (Å²) in [6.45, 7) is 13.3. The SMILES string of the molecule is CC(C)CCn1c(=O)c(NC(=O)Nc2c(C(C)C)cccc2C(C)C)c(-c2cccc(CCCO)c2)c2cccnc21. The second kappa shape index (κ2) is 13.8. The van der Waals surface area contributed by atoms with Crippen LogP contribution in [0, 0.1) is 5.92 Å². The number of pyridine rings is 2. The molecular weight excluding hydrogens is 524 g/mol. The van der Waals surface area contributed by atoms with Crippen LogP contribution in [0.5, 0.6) is 0 Å². The molecule has 4 rings (SSSR count). The predicted molar refractivity (Wildman–Crippen MR) is 174 cm³/mol. The largest absolute Gasteiger partial charge is 0.396 e. The first-order valence-electron chi connectivity index (χ1n) is 15.0. The molecule has 0 saturated heterocycles. The molecule has 7 nitrogen and oxygen atoms in total. The summed E-state index contributed by atoms with van der Waals surface area (Å²) in [6.07, 6.45) is 3.85. The van der Waals surface area contributed by atoms with E-state index in [4.69, 9.17) is 0 Å². The van der Waals surface area contributed by atoms with Crippen LogP contribution in [0.25, 0.3) is 22.2 Å². The van der Waals surface area contributed by atoms with Gasteiger partial charge in [-0.3, -0.25) is 9.36 Å². The molecule has 7 heteroatoms. The number of hydrogen-bond donors (Lipinski definition) is 3. The van der Waals surface area contributed by atoms with Crippen LogP contribution < -0.4 is 16.2 Å². The lowest BCUT2D eigenvalue weighted by Gasteiger charge is -2.22. The Bertz CT molecular complexity index is 1580. The number of anilines is 2. The number of hydrogen-bond acceptors (Lipinski definition) is 4. The van der Waals surface area contributed by atoms with Crippen molar-refractivity contribution in [2.45, 2.75) is 79.2 Å². The molecule has 2 aromatic heterocycles. The summed E-state index contributed by atoms with van der Waals surface area (Å²) in [4.78, 5) is 32.6. The highest BCUT2D eigenvalue weighted by Gasteiger charge is 2.23. The fourth-order valence-corrected chi connectivity index (χ4v) is 5.41. The number of para-hydroxylation sites is 1. The van der Waals surface area contributed by atoms with Crippen molar-refractivity contribution in [3.05, 3.63) is 87.8 Å². The van der Waals surface area contributed by atoms with Gasteiger partial charge in [0.15, 0.2) is 0 Å². The van der Waals surface area contributed by atoms with E-state index >= 15 is 0 Å². The van der Waals surface area contributed by atoms with Crippen molar-refractivity contribution in [1.29, 1.82) is 0 Å². The number of urea groups is 1. The zero-order valence-corrected chi connectivity index (χ0v) is 25.7. The van der Waals surface area contributed by atoms with Crippen LogP contribution in [-0.4, -0.2) is 27.3 Å². The van der Waals surface area contributed by atoms with Gasteiger partial charge in [0.1, 0.15) is 11.3 Å². The highest BCUT2D eigenvalue weighted by molar-refractivity contribution is 6.07. The van der Waals surface area contributed by atoms with Gasteiger partial charge in [-0.1, -0.05) is 84.0 Å². The number of aliphatic hydroxyl groups is 1. The summed E-state index contributed by atoms with van der Waals surface area (Å²) in [5.41, 5.74) is 5.93. The lowest BCUT2D eigenvalue weighted by Crippen LogP contribution is -2.30. The van der Waals surface area contributed by atoms with Gasteiger partial charge in [0, 0.05) is 36.0 Å². The summed E-state index contributed by atoms with van der Waals surface area (Å²) < 4.78 is 1.69. The minimum absolute atomic E-state index is 0.103. The van der Waals surface area contributed by atoms with Crippen LogP contribution in [0.15, 0.2) is 65.6 Å². The molecule has 0 unspecified atom stereocenters. The van der Waals surface area contributed by atoms with E-state index in [0.717, 1.165) is 39.7 Å². The van der Waals surface area contributed by atoms with Crippen LogP contribution in [0.1, 0.15) is 82.9 Å². The van der Waals surface area contributed by atoms with Crippen LogP contribution in [0.3, 0.4) is 0 Å². The fraction of sp³-hybridized carbons (Fsp3) is 0.400. The zero-order valence-electron chi connectivity index (χ0n) is 25.7. The van der Waals surface area contributed by atoms with E-state index in [1.165, 1.54) is 0 Å². The van der Waals surface area contributed by atoms with Gasteiger partial charge >= 0.3 is 6.03 Å². The Balaban J connectivity index is 1.89. The first-order chi connectivity index (χ1) is 20.1. The highest BCUT2D eigenvalue weighted by Crippen LogP contribution is 2.35. The van der Waals surface area contributed by atoms with Crippen molar-refractivity contribution in [3.63, 3.8) is 0 Å². The van der Waals surface area contributed by atoms with Crippen LogP contribution in [-0.2, 0) is 13.0 Å². The lowest BCUT2D eigenvalue weighted by atomic mass is 9.93. The summed E-state index contributed by atoms with van der Waals surface area (Å²) in [7, 11) is 0. The minimum atomic E-state index is -0.460. The number of aromatic nitrogens is 2. The topological polar surface area (TPSA) is 96.2 Å². The molecule has 0 bridgehead atoms. The van der Waals surface area contributed by atoms with E-state index in [1.54, 1.807) is 10.8 Å². The van der Waals surface area contributed by atoms with Gasteiger partial charge in [0.2, 0.25) is 0 Å². The number of carbonyl (C=O) groups excluding carboxylic acids is 1. The van der Waals surface area contributed by atoms with E-state index in [9.17, 15) is 14.7 Å². The first-order valence-corrected chi connectivity index (χ1v) is 15.0. The molecule has 0 fully saturated rings. The Morgan fingerprint density at radius 1 is 0.905 bits per heavy atom. The molecule has 0 aliphatic heterocycles. The normalized spacial score (nSPS) is 11.6. The summed E-state index contributed by atoms with van der Waals surface area (Å²) >= 11 is 0. The van der Waals surface area contributed by atoms with E-state index in [1.807, 2.05) is 54.6 Å². The van der Waals surface area contributed by atoms with Crippen LogP contribution in [0.4, 0.5) is 16.2 Å². The van der Waals surface area contributed by atoms with Crippen LogP contribution in [0.2, 0.25) is 0 Å². The number of aliphatic hydroxyl groups excluding tert-OH is 1. The van der Waals surface area contributed by atoms with E-state index in [0.29, 0.717) is 36.5 Å². The minimum Gasteiger partial charge on any atom is -0.396 e. The maximum atomic E-state index is 14.2. The molecule has 2 amide bonds. The molecule has 42 heavy (non-hydrogen) atoms. The Morgan fingerprint density at radius 3 is 2.21 bits per heavy atom. The molecule has 0 saturated carbocycles. The van der Waals surface area contributed by atoms with Gasteiger partial charge in [-0.25, -0.2) is 9.78 Å². The van der Waals surface area contributed by atoms with Crippen molar-refractivity contribution in [2.24, 2.45) is 5.92 Å². The maximum absolute atomic E-state index is 14.2. The molecule has 2 aromatic carbocycles. The van der Waals surface area contributed by atoms with Crippen molar-refractivity contribution in [1.82, 2.24) is 9.55 Å². The lowest BCUT2D eigenvalue weighted by molar-refractivity contribution is 0.262. The van der Waals surface area contributed by atoms with Crippen molar-refractivity contribution in [2.75, 3.05) is 17.2 Å². The third-order valence-electron chi connectivity index (χ3n) is 7.64. The Hall–Kier alpha value is -3.97. The van der Waals surface area contributed by atoms with Gasteiger partial charge in [-0.15, -0.1) is 0 Å².